The molecule has 0 bridgehead atoms. The van der Waals surface area contributed by atoms with Crippen LogP contribution in [0.4, 0.5) is 0 Å². The molecular formula is C27H25N3O2. The minimum absolute atomic E-state index is 0.00910. The van der Waals surface area contributed by atoms with Gasteiger partial charge in [-0.15, -0.1) is 0 Å². The lowest BCUT2D eigenvalue weighted by atomic mass is 9.91. The first kappa shape index (κ1) is 20.1. The van der Waals surface area contributed by atoms with Crippen LogP contribution >= 0.6 is 0 Å². The van der Waals surface area contributed by atoms with E-state index in [1.165, 1.54) is 6.08 Å². The topological polar surface area (TPSA) is 58.2 Å². The summed E-state index contributed by atoms with van der Waals surface area (Å²) in [4.78, 5) is 22.5. The van der Waals surface area contributed by atoms with Crippen LogP contribution in [0.2, 0.25) is 0 Å². The van der Waals surface area contributed by atoms with E-state index in [0.717, 1.165) is 58.7 Å². The van der Waals surface area contributed by atoms with Gasteiger partial charge >= 0.3 is 0 Å². The maximum Gasteiger partial charge on any atom is 0.245 e. The molecule has 2 aromatic carbocycles. The summed E-state index contributed by atoms with van der Waals surface area (Å²) < 4.78 is 5.92. The molecule has 2 aromatic heterocycles. The molecular weight excluding hydrogens is 398 g/mol. The number of piperidine rings is 1. The molecule has 1 atom stereocenters. The second-order valence-corrected chi connectivity index (χ2v) is 8.10. The van der Waals surface area contributed by atoms with Gasteiger partial charge in [-0.1, -0.05) is 24.8 Å². The summed E-state index contributed by atoms with van der Waals surface area (Å²) in [7, 11) is 0. The van der Waals surface area contributed by atoms with Crippen molar-refractivity contribution in [3.8, 4) is 22.8 Å². The van der Waals surface area contributed by atoms with E-state index in [-0.39, 0.29) is 11.8 Å². The number of nitrogens with zero attached hydrogens (tertiary/aromatic N) is 2. The van der Waals surface area contributed by atoms with Crippen LogP contribution in [-0.2, 0) is 4.79 Å². The molecule has 5 rings (SSSR count). The highest BCUT2D eigenvalue weighted by molar-refractivity contribution is 5.88. The Morgan fingerprint density at radius 1 is 1.09 bits per heavy atom. The fourth-order valence-electron chi connectivity index (χ4n) is 4.39. The van der Waals surface area contributed by atoms with Crippen LogP contribution in [0.5, 0.6) is 11.5 Å². The number of fused-ring (bicyclic) bond motifs is 1. The first-order valence-electron chi connectivity index (χ1n) is 10.9. The second-order valence-electron chi connectivity index (χ2n) is 8.10. The number of carbonyl (C=O) groups excluding carboxylic acids is 1. The number of hydrogen-bond acceptors (Lipinski definition) is 3. The van der Waals surface area contributed by atoms with Crippen LogP contribution in [0.15, 0.2) is 85.6 Å². The number of amides is 1. The van der Waals surface area contributed by atoms with Crippen LogP contribution < -0.4 is 4.74 Å². The van der Waals surface area contributed by atoms with Crippen LogP contribution in [0.3, 0.4) is 0 Å². The number of likely N-dealkylation sites (tertiary alicyclic amines) is 1. The standard InChI is InChI=1S/C27H25N3O2/c1-2-26(31)30-16-6-7-20(18-30)27-23-14-15-28-25(23)17-24(29-27)19-10-12-22(13-11-19)32-21-8-4-3-5-9-21/h2-5,8-15,17,20,28H,1,6-7,16,18H2/t20-/m0/s1. The number of aromatic amines is 1. The van der Waals surface area contributed by atoms with Crippen molar-refractivity contribution in [2.75, 3.05) is 13.1 Å². The molecule has 0 radical (unpaired) electrons. The molecule has 0 saturated carbocycles. The van der Waals surface area contributed by atoms with Gasteiger partial charge in [-0.2, -0.15) is 0 Å². The van der Waals surface area contributed by atoms with E-state index in [0.29, 0.717) is 6.54 Å². The molecule has 4 aromatic rings. The number of benzene rings is 2. The Morgan fingerprint density at radius 3 is 2.66 bits per heavy atom. The molecule has 1 aliphatic heterocycles. The van der Waals surface area contributed by atoms with Crippen LogP contribution in [0, 0.1) is 0 Å². The zero-order valence-corrected chi connectivity index (χ0v) is 17.8. The number of hydrogen-bond donors (Lipinski definition) is 1. The van der Waals surface area contributed by atoms with Gasteiger partial charge in [-0.3, -0.25) is 9.78 Å². The van der Waals surface area contributed by atoms with Gasteiger partial charge in [-0.05, 0) is 67.4 Å². The maximum absolute atomic E-state index is 12.2. The zero-order valence-electron chi connectivity index (χ0n) is 17.8. The number of H-pyrrole nitrogens is 1. The van der Waals surface area contributed by atoms with Crippen molar-refractivity contribution in [1.29, 1.82) is 0 Å². The van der Waals surface area contributed by atoms with E-state index < -0.39 is 0 Å². The normalized spacial score (nSPS) is 16.1. The van der Waals surface area contributed by atoms with Gasteiger partial charge in [-0.25, -0.2) is 0 Å². The van der Waals surface area contributed by atoms with E-state index in [1.807, 2.05) is 65.7 Å². The Hall–Kier alpha value is -3.86. The molecule has 3 heterocycles. The smallest absolute Gasteiger partial charge is 0.245 e. The first-order chi connectivity index (χ1) is 15.7. The Kier molecular flexibility index (Phi) is 5.46. The predicted molar refractivity (Wildman–Crippen MR) is 127 cm³/mol. The van der Waals surface area contributed by atoms with Crippen molar-refractivity contribution < 1.29 is 9.53 Å². The number of carbonyl (C=O) groups is 1. The largest absolute Gasteiger partial charge is 0.457 e. The highest BCUT2D eigenvalue weighted by atomic mass is 16.5. The lowest BCUT2D eigenvalue weighted by Gasteiger charge is -2.32. The van der Waals surface area contributed by atoms with E-state index in [2.05, 4.69) is 23.7 Å². The molecule has 0 unspecified atom stereocenters. The van der Waals surface area contributed by atoms with E-state index in [1.54, 1.807) is 0 Å². The molecule has 5 nitrogen and oxygen atoms in total. The van der Waals surface area contributed by atoms with Gasteiger partial charge in [0.1, 0.15) is 11.5 Å². The molecule has 0 spiro atoms. The lowest BCUT2D eigenvalue weighted by molar-refractivity contribution is -0.127. The number of rotatable bonds is 5. The zero-order chi connectivity index (χ0) is 21.9. The van der Waals surface area contributed by atoms with Gasteiger partial charge in [0.25, 0.3) is 0 Å². The first-order valence-corrected chi connectivity index (χ1v) is 10.9. The Labute approximate surface area is 187 Å². The van der Waals surface area contributed by atoms with Gasteiger partial charge < -0.3 is 14.6 Å². The second kappa shape index (κ2) is 8.71. The minimum Gasteiger partial charge on any atom is -0.457 e. The van der Waals surface area contributed by atoms with Crippen molar-refractivity contribution in [2.24, 2.45) is 0 Å². The third-order valence-electron chi connectivity index (χ3n) is 6.00. The summed E-state index contributed by atoms with van der Waals surface area (Å²) in [6.07, 6.45) is 5.33. The third-order valence-corrected chi connectivity index (χ3v) is 6.00. The van der Waals surface area contributed by atoms with Gasteiger partial charge in [0.05, 0.1) is 11.4 Å². The maximum atomic E-state index is 12.2. The van der Waals surface area contributed by atoms with Crippen molar-refractivity contribution in [1.82, 2.24) is 14.9 Å². The lowest BCUT2D eigenvalue weighted by Crippen LogP contribution is -2.38. The van der Waals surface area contributed by atoms with E-state index in [9.17, 15) is 4.79 Å². The molecule has 32 heavy (non-hydrogen) atoms. The molecule has 1 amide bonds. The SMILES string of the molecule is C=CC(=O)N1CCC[C@H](c2nc(-c3ccc(Oc4ccccc4)cc3)cc3[nH]ccc23)C1. The highest BCUT2D eigenvalue weighted by Crippen LogP contribution is 2.34. The average molecular weight is 424 g/mol. The fraction of sp³-hybridized carbons (Fsp3) is 0.185. The van der Waals surface area contributed by atoms with Gasteiger partial charge in [0, 0.05) is 41.7 Å². The predicted octanol–water partition coefficient (Wildman–Crippen LogP) is 5.91. The Morgan fingerprint density at radius 2 is 1.88 bits per heavy atom. The summed E-state index contributed by atoms with van der Waals surface area (Å²) in [6, 6.07) is 21.9. The Bertz CT molecular complexity index is 1250. The number of aromatic nitrogens is 2. The number of nitrogens with one attached hydrogen (secondary N) is 1. The summed E-state index contributed by atoms with van der Waals surface area (Å²) in [5.41, 5.74) is 4.04. The van der Waals surface area contributed by atoms with Gasteiger partial charge in [0.2, 0.25) is 5.91 Å². The molecule has 1 N–H and O–H groups in total. The summed E-state index contributed by atoms with van der Waals surface area (Å²) in [6.45, 7) is 5.09. The number of para-hydroxylation sites is 1. The Balaban J connectivity index is 1.45. The molecule has 5 heteroatoms. The van der Waals surface area contributed by atoms with Crippen molar-refractivity contribution in [2.45, 2.75) is 18.8 Å². The quantitative estimate of drug-likeness (QED) is 0.406. The summed E-state index contributed by atoms with van der Waals surface area (Å²) in [5.74, 6) is 1.79. The molecule has 1 saturated heterocycles. The average Bonchev–Trinajstić information content (AvgIpc) is 3.33. The molecule has 0 aliphatic carbocycles. The van der Waals surface area contributed by atoms with Crippen LogP contribution in [0.25, 0.3) is 22.2 Å². The van der Waals surface area contributed by atoms with E-state index >= 15 is 0 Å². The third kappa shape index (κ3) is 4.02. The fourth-order valence-corrected chi connectivity index (χ4v) is 4.39. The van der Waals surface area contributed by atoms with Gasteiger partial charge in [0.15, 0.2) is 0 Å². The van der Waals surface area contributed by atoms with Crippen LogP contribution in [-0.4, -0.2) is 33.9 Å². The highest BCUT2D eigenvalue weighted by Gasteiger charge is 2.26. The van der Waals surface area contributed by atoms with E-state index in [4.69, 9.17) is 9.72 Å². The van der Waals surface area contributed by atoms with Crippen molar-refractivity contribution in [3.05, 3.63) is 91.3 Å². The summed E-state index contributed by atoms with van der Waals surface area (Å²) >= 11 is 0. The molecule has 1 aliphatic rings. The number of pyridine rings is 1. The monoisotopic (exact) mass is 423 g/mol. The molecule has 1 fully saturated rings. The minimum atomic E-state index is -0.00910. The van der Waals surface area contributed by atoms with Crippen molar-refractivity contribution in [3.63, 3.8) is 0 Å². The van der Waals surface area contributed by atoms with Crippen LogP contribution in [0.1, 0.15) is 24.5 Å². The number of ether oxygens (including phenoxy) is 1. The molecule has 160 valence electrons. The summed E-state index contributed by atoms with van der Waals surface area (Å²) in [5, 5.41) is 1.12. The van der Waals surface area contributed by atoms with Crippen molar-refractivity contribution >= 4 is 16.8 Å².